The van der Waals surface area contributed by atoms with Crippen LogP contribution in [0.4, 0.5) is 5.69 Å². The van der Waals surface area contributed by atoms with Gasteiger partial charge < -0.3 is 24.1 Å². The van der Waals surface area contributed by atoms with Crippen LogP contribution in [-0.4, -0.2) is 49.8 Å². The van der Waals surface area contributed by atoms with Gasteiger partial charge in [-0.2, -0.15) is 0 Å². The zero-order valence-electron chi connectivity index (χ0n) is 17.2. The van der Waals surface area contributed by atoms with Gasteiger partial charge in [0.05, 0.1) is 24.9 Å². The number of pyridine rings is 1. The molecule has 1 N–H and O–H groups in total. The van der Waals surface area contributed by atoms with Gasteiger partial charge in [0.25, 0.3) is 0 Å². The fourth-order valence-corrected chi connectivity index (χ4v) is 4.03. The first kappa shape index (κ1) is 24.4. The summed E-state index contributed by atoms with van der Waals surface area (Å²) >= 11 is 6.33. The highest BCUT2D eigenvalue weighted by atomic mass is 35.5. The van der Waals surface area contributed by atoms with Gasteiger partial charge in [-0.05, 0) is 32.0 Å². The van der Waals surface area contributed by atoms with Crippen LogP contribution < -0.4 is 19.7 Å². The molecule has 9 heteroatoms. The SMILES string of the molecule is CNC1CCN(c2ccn3cc(-c4cc(Cl)c(OC)cc4OC)nc3c2)CC1.Cl.Cl. The largest absolute Gasteiger partial charge is 0.496 e. The van der Waals surface area contributed by atoms with E-state index in [1.54, 1.807) is 20.3 Å². The molecule has 6 nitrogen and oxygen atoms in total. The molecule has 1 saturated heterocycles. The number of halogens is 3. The number of aromatic nitrogens is 2. The standard InChI is InChI=1S/C21H25ClN4O2.2ClH/c1-23-14-4-7-25(8-5-14)15-6-9-26-13-18(24-21(26)10-15)16-11-17(22)20(28-3)12-19(16)27-2;;/h6,9-14,23H,4-5,7-8H2,1-3H3;2*1H. The maximum atomic E-state index is 6.33. The summed E-state index contributed by atoms with van der Waals surface area (Å²) in [5.74, 6) is 1.26. The molecule has 0 atom stereocenters. The van der Waals surface area contributed by atoms with E-state index < -0.39 is 0 Å². The summed E-state index contributed by atoms with van der Waals surface area (Å²) in [5, 5.41) is 3.91. The lowest BCUT2D eigenvalue weighted by molar-refractivity contribution is 0.395. The van der Waals surface area contributed by atoms with Crippen molar-refractivity contribution in [3.05, 3.63) is 41.7 Å². The maximum absolute atomic E-state index is 6.33. The smallest absolute Gasteiger partial charge is 0.141 e. The summed E-state index contributed by atoms with van der Waals surface area (Å²) in [6, 6.07) is 8.53. The molecule has 0 radical (unpaired) electrons. The predicted octanol–water partition coefficient (Wildman–Crippen LogP) is 4.70. The highest BCUT2D eigenvalue weighted by molar-refractivity contribution is 6.32. The van der Waals surface area contributed by atoms with Crippen LogP contribution in [0.25, 0.3) is 16.9 Å². The van der Waals surface area contributed by atoms with Crippen molar-refractivity contribution in [2.45, 2.75) is 18.9 Å². The summed E-state index contributed by atoms with van der Waals surface area (Å²) in [7, 11) is 5.26. The molecule has 0 unspecified atom stereocenters. The Balaban J connectivity index is 0.00000160. The zero-order valence-corrected chi connectivity index (χ0v) is 19.6. The summed E-state index contributed by atoms with van der Waals surface area (Å²) in [5.41, 5.74) is 3.76. The first-order chi connectivity index (χ1) is 13.6. The molecule has 2 aromatic heterocycles. The molecule has 0 spiro atoms. The van der Waals surface area contributed by atoms with Crippen molar-refractivity contribution in [3.63, 3.8) is 0 Å². The van der Waals surface area contributed by atoms with Crippen molar-refractivity contribution >= 4 is 47.7 Å². The van der Waals surface area contributed by atoms with Gasteiger partial charge in [0.15, 0.2) is 0 Å². The van der Waals surface area contributed by atoms with Crippen molar-refractivity contribution < 1.29 is 9.47 Å². The second-order valence-corrected chi connectivity index (χ2v) is 7.42. The van der Waals surface area contributed by atoms with Gasteiger partial charge in [-0.3, -0.25) is 0 Å². The lowest BCUT2D eigenvalue weighted by Gasteiger charge is -2.33. The van der Waals surface area contributed by atoms with Gasteiger partial charge in [0, 0.05) is 54.9 Å². The third-order valence-electron chi connectivity index (χ3n) is 5.46. The van der Waals surface area contributed by atoms with Crippen molar-refractivity contribution in [1.82, 2.24) is 14.7 Å². The first-order valence-electron chi connectivity index (χ1n) is 9.45. The van der Waals surface area contributed by atoms with Gasteiger partial charge in [0.1, 0.15) is 17.1 Å². The molecule has 4 rings (SSSR count). The normalized spacial score (nSPS) is 14.2. The van der Waals surface area contributed by atoms with E-state index in [0.29, 0.717) is 22.6 Å². The number of imidazole rings is 1. The number of hydrogen-bond acceptors (Lipinski definition) is 5. The first-order valence-corrected chi connectivity index (χ1v) is 9.83. The van der Waals surface area contributed by atoms with Gasteiger partial charge in [-0.25, -0.2) is 4.98 Å². The molecule has 30 heavy (non-hydrogen) atoms. The number of rotatable bonds is 5. The number of fused-ring (bicyclic) bond motifs is 1. The van der Waals surface area contributed by atoms with E-state index in [1.807, 2.05) is 23.7 Å². The molecule has 0 bridgehead atoms. The minimum absolute atomic E-state index is 0. The summed E-state index contributed by atoms with van der Waals surface area (Å²) < 4.78 is 12.8. The van der Waals surface area contributed by atoms with Crippen LogP contribution in [0.3, 0.4) is 0 Å². The van der Waals surface area contributed by atoms with E-state index in [0.717, 1.165) is 42.8 Å². The van der Waals surface area contributed by atoms with Gasteiger partial charge in [-0.15, -0.1) is 24.8 Å². The Kier molecular flexibility index (Phi) is 8.50. The Morgan fingerprint density at radius 1 is 1.07 bits per heavy atom. The number of piperidine rings is 1. The minimum Gasteiger partial charge on any atom is -0.496 e. The third kappa shape index (κ3) is 4.72. The van der Waals surface area contributed by atoms with E-state index in [1.165, 1.54) is 5.69 Å². The number of methoxy groups -OCH3 is 2. The molecular formula is C21H27Cl3N4O2. The average molecular weight is 474 g/mol. The fraction of sp³-hybridized carbons (Fsp3) is 0.381. The fourth-order valence-electron chi connectivity index (χ4n) is 3.78. The average Bonchev–Trinajstić information content (AvgIpc) is 3.16. The molecule has 164 valence electrons. The Morgan fingerprint density at radius 2 is 1.77 bits per heavy atom. The Bertz CT molecular complexity index is 988. The Labute approximate surface area is 194 Å². The highest BCUT2D eigenvalue weighted by Crippen LogP contribution is 2.38. The van der Waals surface area contributed by atoms with E-state index in [9.17, 15) is 0 Å². The monoisotopic (exact) mass is 472 g/mol. The van der Waals surface area contributed by atoms with E-state index in [-0.39, 0.29) is 24.8 Å². The minimum atomic E-state index is 0. The number of benzene rings is 1. The summed E-state index contributed by atoms with van der Waals surface area (Å²) in [6.45, 7) is 2.11. The van der Waals surface area contributed by atoms with Crippen molar-refractivity contribution in [1.29, 1.82) is 0 Å². The Hall–Kier alpha value is -1.86. The summed E-state index contributed by atoms with van der Waals surface area (Å²) in [4.78, 5) is 7.24. The highest BCUT2D eigenvalue weighted by Gasteiger charge is 2.19. The van der Waals surface area contributed by atoms with Crippen LogP contribution in [-0.2, 0) is 0 Å². The number of anilines is 1. The third-order valence-corrected chi connectivity index (χ3v) is 5.76. The quantitative estimate of drug-likeness (QED) is 0.582. The molecule has 1 fully saturated rings. The van der Waals surface area contributed by atoms with Crippen molar-refractivity contribution in [2.75, 3.05) is 39.3 Å². The molecule has 1 aromatic carbocycles. The Morgan fingerprint density at radius 3 is 2.40 bits per heavy atom. The number of nitrogens with zero attached hydrogens (tertiary/aromatic N) is 3. The molecular weight excluding hydrogens is 447 g/mol. The van der Waals surface area contributed by atoms with Crippen LogP contribution in [0.1, 0.15) is 12.8 Å². The van der Waals surface area contributed by atoms with Gasteiger partial charge in [-0.1, -0.05) is 11.6 Å². The number of ether oxygens (including phenoxy) is 2. The van der Waals surface area contributed by atoms with Crippen molar-refractivity contribution in [2.24, 2.45) is 0 Å². The number of hydrogen-bond donors (Lipinski definition) is 1. The molecule has 1 aliphatic rings. The van der Waals surface area contributed by atoms with E-state index in [2.05, 4.69) is 28.5 Å². The second-order valence-electron chi connectivity index (χ2n) is 7.01. The maximum Gasteiger partial charge on any atom is 0.141 e. The van der Waals surface area contributed by atoms with Crippen LogP contribution in [0.5, 0.6) is 11.5 Å². The van der Waals surface area contributed by atoms with Gasteiger partial charge >= 0.3 is 0 Å². The molecule has 3 aromatic rings. The van der Waals surface area contributed by atoms with E-state index in [4.69, 9.17) is 26.1 Å². The molecule has 1 aliphatic heterocycles. The van der Waals surface area contributed by atoms with Crippen LogP contribution in [0.2, 0.25) is 5.02 Å². The van der Waals surface area contributed by atoms with E-state index >= 15 is 0 Å². The molecule has 0 aliphatic carbocycles. The second kappa shape index (κ2) is 10.4. The zero-order chi connectivity index (χ0) is 19.7. The van der Waals surface area contributed by atoms with Crippen LogP contribution in [0, 0.1) is 0 Å². The molecule has 0 saturated carbocycles. The topological polar surface area (TPSA) is 51.0 Å². The lowest BCUT2D eigenvalue weighted by atomic mass is 10.0. The lowest BCUT2D eigenvalue weighted by Crippen LogP contribution is -2.41. The molecule has 3 heterocycles. The van der Waals surface area contributed by atoms with Crippen molar-refractivity contribution in [3.8, 4) is 22.8 Å². The summed E-state index contributed by atoms with van der Waals surface area (Å²) in [6.07, 6.45) is 6.36. The number of nitrogens with one attached hydrogen (secondary N) is 1. The van der Waals surface area contributed by atoms with Crippen LogP contribution in [0.15, 0.2) is 36.7 Å². The van der Waals surface area contributed by atoms with Crippen LogP contribution >= 0.6 is 36.4 Å². The predicted molar refractivity (Wildman–Crippen MR) is 128 cm³/mol. The van der Waals surface area contributed by atoms with Gasteiger partial charge in [0.2, 0.25) is 0 Å². The molecule has 0 amide bonds.